The van der Waals surface area contributed by atoms with Crippen molar-refractivity contribution < 1.29 is 58.3 Å². The number of aromatic nitrogens is 3. The van der Waals surface area contributed by atoms with E-state index in [4.69, 9.17) is 9.47 Å². The van der Waals surface area contributed by atoms with Crippen molar-refractivity contribution in [1.82, 2.24) is 26.0 Å². The number of para-hydroxylation sites is 1. The fraction of sp³-hybridized carbons (Fsp3) is 0.441. The van der Waals surface area contributed by atoms with E-state index in [-0.39, 0.29) is 38.3 Å². The third kappa shape index (κ3) is 7.94. The van der Waals surface area contributed by atoms with Crippen LogP contribution in [-0.2, 0) is 40.0 Å². The Morgan fingerprint density at radius 2 is 1.79 bits per heavy atom. The maximum absolute atomic E-state index is 14.6. The molecule has 5 rings (SSSR count). The van der Waals surface area contributed by atoms with Gasteiger partial charge < -0.3 is 45.4 Å². The number of rotatable bonds is 12. The fourth-order valence-corrected chi connectivity index (χ4v) is 6.17. The van der Waals surface area contributed by atoms with E-state index >= 15 is 0 Å². The molecule has 278 valence electrons. The zero-order valence-electron chi connectivity index (χ0n) is 28.2. The normalized spacial score (nSPS) is 23.4. The van der Waals surface area contributed by atoms with Gasteiger partial charge in [-0.3, -0.25) is 24.3 Å². The van der Waals surface area contributed by atoms with E-state index < -0.39 is 72.6 Å². The summed E-state index contributed by atoms with van der Waals surface area (Å²) in [5, 5.41) is 56.8. The highest BCUT2D eigenvalue weighted by Crippen LogP contribution is 2.40. The summed E-state index contributed by atoms with van der Waals surface area (Å²) in [4.78, 5) is 63.4. The largest absolute Gasteiger partial charge is 0.477 e. The minimum Gasteiger partial charge on any atom is -0.477 e. The summed E-state index contributed by atoms with van der Waals surface area (Å²) >= 11 is 0. The maximum Gasteiger partial charge on any atom is 0.367 e. The second-order valence-electron chi connectivity index (χ2n) is 12.6. The summed E-state index contributed by atoms with van der Waals surface area (Å²) < 4.78 is 24.7. The molecule has 2 unspecified atom stereocenters. The molecule has 52 heavy (non-hydrogen) atoms. The molecule has 18 heteroatoms. The highest BCUT2D eigenvalue weighted by atomic mass is 19.1. The van der Waals surface area contributed by atoms with Crippen molar-refractivity contribution in [2.75, 3.05) is 18.1 Å². The Kier molecular flexibility index (Phi) is 11.6. The van der Waals surface area contributed by atoms with E-state index in [1.165, 1.54) is 6.92 Å². The molecule has 2 aliphatic heterocycles. The maximum atomic E-state index is 14.6. The van der Waals surface area contributed by atoms with Gasteiger partial charge in [0.1, 0.15) is 17.9 Å². The van der Waals surface area contributed by atoms with Crippen LogP contribution >= 0.6 is 0 Å². The van der Waals surface area contributed by atoms with Crippen molar-refractivity contribution in [3.05, 3.63) is 54.1 Å². The molecule has 17 nitrogen and oxygen atoms in total. The Morgan fingerprint density at radius 1 is 1.10 bits per heavy atom. The average Bonchev–Trinajstić information content (AvgIpc) is 3.60. The van der Waals surface area contributed by atoms with Crippen LogP contribution in [0.3, 0.4) is 0 Å². The van der Waals surface area contributed by atoms with Crippen LogP contribution < -0.4 is 15.5 Å². The molecule has 0 saturated carbocycles. The van der Waals surface area contributed by atoms with Crippen molar-refractivity contribution >= 4 is 35.3 Å². The number of aliphatic hydroxyl groups is 3. The van der Waals surface area contributed by atoms with Crippen LogP contribution in [0.5, 0.6) is 0 Å². The summed E-state index contributed by atoms with van der Waals surface area (Å²) in [7, 11) is 0. The second-order valence-corrected chi connectivity index (χ2v) is 12.6. The molecule has 3 aromatic rings. The third-order valence-corrected chi connectivity index (χ3v) is 8.95. The first-order valence-electron chi connectivity index (χ1n) is 16.4. The Labute approximate surface area is 296 Å². The van der Waals surface area contributed by atoms with E-state index in [0.29, 0.717) is 16.9 Å². The number of nitrogens with one attached hydrogen (secondary N) is 3. The van der Waals surface area contributed by atoms with Gasteiger partial charge in [0.2, 0.25) is 17.7 Å². The summed E-state index contributed by atoms with van der Waals surface area (Å²) in [5.74, 6) is -9.12. The lowest BCUT2D eigenvalue weighted by Gasteiger charge is -2.46. The van der Waals surface area contributed by atoms with Crippen molar-refractivity contribution in [2.45, 2.75) is 76.0 Å². The summed E-state index contributed by atoms with van der Waals surface area (Å²) in [6.45, 7) is 2.15. The zero-order chi connectivity index (χ0) is 37.7. The molecule has 2 aromatic carbocycles. The van der Waals surface area contributed by atoms with E-state index in [1.54, 1.807) is 4.90 Å². The molecule has 1 saturated heterocycles. The van der Waals surface area contributed by atoms with Gasteiger partial charge in [-0.05, 0) is 11.6 Å². The van der Waals surface area contributed by atoms with Crippen LogP contribution in [-0.4, -0.2) is 115 Å². The van der Waals surface area contributed by atoms with Crippen LogP contribution in [0.4, 0.5) is 10.1 Å². The number of halogens is 1. The van der Waals surface area contributed by atoms with Crippen LogP contribution in [0.2, 0.25) is 0 Å². The minimum absolute atomic E-state index is 0.0173. The van der Waals surface area contributed by atoms with Gasteiger partial charge in [0, 0.05) is 43.4 Å². The number of aliphatic carboxylic acids is 1. The number of nitrogens with zero attached hydrogens (tertiary/aromatic N) is 3. The number of benzene rings is 2. The van der Waals surface area contributed by atoms with Gasteiger partial charge in [-0.1, -0.05) is 54.6 Å². The van der Waals surface area contributed by atoms with Crippen molar-refractivity contribution in [2.24, 2.45) is 5.92 Å². The van der Waals surface area contributed by atoms with Crippen molar-refractivity contribution in [1.29, 1.82) is 0 Å². The molecule has 0 radical (unpaired) electrons. The first-order chi connectivity index (χ1) is 24.7. The highest BCUT2D eigenvalue weighted by Gasteiger charge is 2.61. The van der Waals surface area contributed by atoms with Gasteiger partial charge >= 0.3 is 17.7 Å². The number of hydrogen-bond acceptors (Lipinski definition) is 12. The standard InChI is InChI=1S/C34H39FN6O11/c1-17(29(46)31-28(37-18(2)42)30(47)32(35)34(50,52-31)33(48)49)16-51-25(45)12-11-23(43)36-14-13-24(44)41-15-19-7-3-4-8-20(19)26-27(39-40-38-26)21-9-5-6-10-22(21)41/h3-10,17,28-32,46-47,50H,11-16H2,1-2H3,(H,36,43)(H,37,42)(H,48,49)(H,38,39,40)/t17-,28-,29-,30-,31-,32?,34?/m1/s1. The molecule has 7 atom stereocenters. The number of esters is 1. The quantitative estimate of drug-likeness (QED) is 0.123. The Hall–Kier alpha value is -5.30. The van der Waals surface area contributed by atoms with Gasteiger partial charge in [0.15, 0.2) is 6.17 Å². The number of carboxylic acid groups (broad SMARTS) is 1. The van der Waals surface area contributed by atoms with Crippen LogP contribution in [0, 0.1) is 5.92 Å². The molecule has 3 heterocycles. The van der Waals surface area contributed by atoms with Gasteiger partial charge in [0.05, 0.1) is 43.1 Å². The number of hydrogen-bond donors (Lipinski definition) is 7. The highest BCUT2D eigenvalue weighted by molar-refractivity contribution is 6.00. The Balaban J connectivity index is 1.11. The number of aliphatic hydroxyl groups excluding tert-OH is 2. The average molecular weight is 727 g/mol. The first kappa shape index (κ1) is 37.9. The summed E-state index contributed by atoms with van der Waals surface area (Å²) in [5.41, 5.74) is 4.41. The topological polar surface area (TPSA) is 254 Å². The van der Waals surface area contributed by atoms with Gasteiger partial charge in [-0.25, -0.2) is 9.18 Å². The number of anilines is 1. The predicted molar refractivity (Wildman–Crippen MR) is 177 cm³/mol. The van der Waals surface area contributed by atoms with Crippen LogP contribution in [0.15, 0.2) is 48.5 Å². The number of amides is 3. The smallest absolute Gasteiger partial charge is 0.367 e. The molecular weight excluding hydrogens is 687 g/mol. The lowest BCUT2D eigenvalue weighted by atomic mass is 9.85. The van der Waals surface area contributed by atoms with Crippen LogP contribution in [0.25, 0.3) is 22.5 Å². The number of aromatic amines is 1. The van der Waals surface area contributed by atoms with Crippen LogP contribution in [0.1, 0.15) is 38.7 Å². The van der Waals surface area contributed by atoms with Crippen molar-refractivity contribution in [3.8, 4) is 22.5 Å². The van der Waals surface area contributed by atoms with Gasteiger partial charge in [-0.2, -0.15) is 0 Å². The molecule has 3 amide bonds. The number of carbonyl (C=O) groups is 5. The SMILES string of the molecule is CC(=O)N[C@H]1[C@H]([C@H](O)[C@H](C)COC(=O)CCC(=O)NCCC(=O)N2Cc3ccccc3-c3[nH]nnc3-c3ccccc32)OC(O)(C(=O)O)C(F)[C@@H]1O. The number of ether oxygens (including phenoxy) is 2. The third-order valence-electron chi connectivity index (χ3n) is 8.95. The molecule has 0 aliphatic carbocycles. The summed E-state index contributed by atoms with van der Waals surface area (Å²) in [6, 6.07) is 13.2. The molecule has 0 bridgehead atoms. The van der Waals surface area contributed by atoms with E-state index in [1.807, 2.05) is 48.5 Å². The number of alkyl halides is 1. The molecule has 1 fully saturated rings. The first-order valence-corrected chi connectivity index (χ1v) is 16.4. The molecule has 1 aromatic heterocycles. The van der Waals surface area contributed by atoms with E-state index in [0.717, 1.165) is 23.7 Å². The molecular formula is C34H39FN6O11. The number of H-pyrrole nitrogens is 1. The zero-order valence-corrected chi connectivity index (χ0v) is 28.2. The second kappa shape index (κ2) is 15.9. The van der Waals surface area contributed by atoms with E-state index in [9.17, 15) is 48.8 Å². The fourth-order valence-electron chi connectivity index (χ4n) is 6.17. The molecule has 0 spiro atoms. The van der Waals surface area contributed by atoms with Crippen molar-refractivity contribution in [3.63, 3.8) is 0 Å². The Bertz CT molecular complexity index is 1820. The van der Waals surface area contributed by atoms with Gasteiger partial charge in [0.25, 0.3) is 0 Å². The Morgan fingerprint density at radius 3 is 2.50 bits per heavy atom. The lowest BCUT2D eigenvalue weighted by molar-refractivity contribution is -0.318. The number of carboxylic acids is 1. The lowest BCUT2D eigenvalue weighted by Crippen LogP contribution is -2.72. The molecule has 7 N–H and O–H groups in total. The van der Waals surface area contributed by atoms with Gasteiger partial charge in [-0.15, -0.1) is 5.10 Å². The van der Waals surface area contributed by atoms with E-state index in [2.05, 4.69) is 26.0 Å². The number of carbonyl (C=O) groups excluding carboxylic acids is 4. The molecule has 2 aliphatic rings. The summed E-state index contributed by atoms with van der Waals surface area (Å²) in [6.07, 6.45) is -9.45. The predicted octanol–water partition coefficient (Wildman–Crippen LogP) is 0.188. The number of fused-ring (bicyclic) bond motifs is 5. The monoisotopic (exact) mass is 726 g/mol. The minimum atomic E-state index is -3.53.